The molecule has 0 spiro atoms. The van der Waals surface area contributed by atoms with Gasteiger partial charge in [0.25, 0.3) is 10.0 Å². The minimum absolute atomic E-state index is 0.188. The summed E-state index contributed by atoms with van der Waals surface area (Å²) in [4.78, 5) is 0.607. The maximum absolute atomic E-state index is 13.7. The van der Waals surface area contributed by atoms with Crippen LogP contribution in [0.5, 0.6) is 0 Å². The lowest BCUT2D eigenvalue weighted by Crippen LogP contribution is -2.27. The van der Waals surface area contributed by atoms with E-state index in [1.807, 2.05) is 17.5 Å². The zero-order valence-corrected chi connectivity index (χ0v) is 18.7. The summed E-state index contributed by atoms with van der Waals surface area (Å²) in [6.07, 6.45) is 1.34. The van der Waals surface area contributed by atoms with Gasteiger partial charge < -0.3 is 0 Å². The molecule has 31 heavy (non-hydrogen) atoms. The van der Waals surface area contributed by atoms with Crippen LogP contribution in [0.4, 0.5) is 10.1 Å². The van der Waals surface area contributed by atoms with E-state index in [0.29, 0.717) is 17.0 Å². The topological polar surface area (TPSA) is 95.9 Å². The molecule has 2 heterocycles. The minimum atomic E-state index is -4.12. The van der Waals surface area contributed by atoms with Crippen LogP contribution in [0.25, 0.3) is 0 Å². The number of benzene rings is 2. The van der Waals surface area contributed by atoms with Gasteiger partial charge in [-0.1, -0.05) is 24.3 Å². The maximum Gasteiger partial charge on any atom is 0.279 e. The molecule has 0 saturated heterocycles. The van der Waals surface area contributed by atoms with E-state index in [2.05, 4.69) is 9.82 Å². The Morgan fingerprint density at radius 3 is 2.52 bits per heavy atom. The van der Waals surface area contributed by atoms with Crippen LogP contribution in [0.3, 0.4) is 0 Å². The van der Waals surface area contributed by atoms with Crippen molar-refractivity contribution in [1.82, 2.24) is 4.41 Å². The van der Waals surface area contributed by atoms with Gasteiger partial charge in [0.2, 0.25) is 10.0 Å². The summed E-state index contributed by atoms with van der Waals surface area (Å²) in [7, 11) is -7.58. The molecule has 0 bridgehead atoms. The zero-order chi connectivity index (χ0) is 22.2. The van der Waals surface area contributed by atoms with E-state index in [0.717, 1.165) is 21.6 Å². The third kappa shape index (κ3) is 4.63. The number of hydrogen-bond acceptors (Lipinski definition) is 6. The van der Waals surface area contributed by atoms with E-state index in [4.69, 9.17) is 0 Å². The van der Waals surface area contributed by atoms with Gasteiger partial charge >= 0.3 is 0 Å². The van der Waals surface area contributed by atoms with E-state index in [1.54, 1.807) is 24.3 Å². The summed E-state index contributed by atoms with van der Waals surface area (Å²) in [6, 6.07) is 14.4. The first-order valence-electron chi connectivity index (χ1n) is 9.12. The van der Waals surface area contributed by atoms with Crippen LogP contribution in [0.1, 0.15) is 22.9 Å². The Morgan fingerprint density at radius 1 is 1.06 bits per heavy atom. The quantitative estimate of drug-likeness (QED) is 0.582. The van der Waals surface area contributed by atoms with Crippen molar-refractivity contribution in [2.75, 3.05) is 11.0 Å². The highest BCUT2D eigenvalue weighted by molar-refractivity contribution is 7.92. The van der Waals surface area contributed by atoms with Crippen molar-refractivity contribution < 1.29 is 21.2 Å². The number of sulfonamides is 2. The standard InChI is InChI=1S/C20H18FN3O4S3/c1-30(25,26)23-16-7-2-5-14(11-16)18-13-19(20-9-4-10-29-20)24(22-18)31(27,28)17-8-3-6-15(21)12-17/h2-12,19,23H,13H2,1H3/t19-/m0/s1. The van der Waals surface area contributed by atoms with Gasteiger partial charge in [-0.05, 0) is 47.3 Å². The first-order valence-corrected chi connectivity index (χ1v) is 13.3. The molecule has 3 aromatic rings. The fraction of sp³-hybridized carbons (Fsp3) is 0.150. The van der Waals surface area contributed by atoms with Gasteiger partial charge in [-0.25, -0.2) is 12.8 Å². The third-order valence-corrected chi connectivity index (χ3v) is 7.84. The number of anilines is 1. The lowest BCUT2D eigenvalue weighted by atomic mass is 10.0. The van der Waals surface area contributed by atoms with Crippen LogP contribution in [-0.4, -0.2) is 33.2 Å². The number of nitrogens with one attached hydrogen (secondary N) is 1. The van der Waals surface area contributed by atoms with Gasteiger partial charge in [0.1, 0.15) is 11.9 Å². The average Bonchev–Trinajstić information content (AvgIpc) is 3.37. The molecule has 1 aliphatic heterocycles. The summed E-state index contributed by atoms with van der Waals surface area (Å²) in [5, 5.41) is 6.22. The minimum Gasteiger partial charge on any atom is -0.284 e. The Balaban J connectivity index is 1.77. The van der Waals surface area contributed by atoms with Gasteiger partial charge in [-0.3, -0.25) is 4.72 Å². The molecular weight excluding hydrogens is 461 g/mol. The van der Waals surface area contributed by atoms with E-state index in [1.165, 1.54) is 29.5 Å². The molecule has 4 rings (SSSR count). The van der Waals surface area contributed by atoms with E-state index in [9.17, 15) is 21.2 Å². The van der Waals surface area contributed by atoms with Crippen molar-refractivity contribution in [3.05, 3.63) is 82.3 Å². The molecule has 0 radical (unpaired) electrons. The van der Waals surface area contributed by atoms with Crippen molar-refractivity contribution in [3.63, 3.8) is 0 Å². The molecule has 0 amide bonds. The SMILES string of the molecule is CS(=O)(=O)Nc1cccc(C2=NN(S(=O)(=O)c3cccc(F)c3)[C@H](c3cccs3)C2)c1. The van der Waals surface area contributed by atoms with Crippen molar-refractivity contribution in [1.29, 1.82) is 0 Å². The fourth-order valence-electron chi connectivity index (χ4n) is 3.29. The number of nitrogens with zero attached hydrogens (tertiary/aromatic N) is 2. The maximum atomic E-state index is 13.7. The number of thiophene rings is 1. The molecule has 2 aromatic carbocycles. The lowest BCUT2D eigenvalue weighted by Gasteiger charge is -2.22. The summed E-state index contributed by atoms with van der Waals surface area (Å²) in [5.41, 5.74) is 1.42. The van der Waals surface area contributed by atoms with Crippen molar-refractivity contribution >= 4 is 42.8 Å². The normalized spacial score (nSPS) is 16.9. The van der Waals surface area contributed by atoms with E-state index < -0.39 is 31.9 Å². The Bertz CT molecular complexity index is 1350. The van der Waals surface area contributed by atoms with Crippen LogP contribution >= 0.6 is 11.3 Å². The van der Waals surface area contributed by atoms with Crippen molar-refractivity contribution in [3.8, 4) is 0 Å². The molecule has 0 fully saturated rings. The highest BCUT2D eigenvalue weighted by Crippen LogP contribution is 2.39. The number of hydrogen-bond donors (Lipinski definition) is 1. The molecule has 1 N–H and O–H groups in total. The fourth-order valence-corrected chi connectivity index (χ4v) is 6.18. The first-order chi connectivity index (χ1) is 14.6. The second-order valence-electron chi connectivity index (χ2n) is 6.97. The molecule has 1 aromatic heterocycles. The van der Waals surface area contributed by atoms with Gasteiger partial charge in [0.15, 0.2) is 0 Å². The molecule has 1 aliphatic rings. The van der Waals surface area contributed by atoms with Crippen molar-refractivity contribution in [2.45, 2.75) is 17.4 Å². The first kappa shape index (κ1) is 21.5. The predicted molar refractivity (Wildman–Crippen MR) is 119 cm³/mol. The van der Waals surface area contributed by atoms with Crippen molar-refractivity contribution in [2.24, 2.45) is 5.10 Å². The number of hydrazone groups is 1. The molecule has 0 unspecified atom stereocenters. The smallest absolute Gasteiger partial charge is 0.279 e. The molecule has 0 aliphatic carbocycles. The Labute approximate surface area is 184 Å². The van der Waals surface area contributed by atoms with Gasteiger partial charge in [0.05, 0.1) is 16.9 Å². The molecular formula is C20H18FN3O4S3. The summed E-state index contributed by atoms with van der Waals surface area (Å²) in [6.45, 7) is 0. The Morgan fingerprint density at radius 2 is 1.84 bits per heavy atom. The molecule has 7 nitrogen and oxygen atoms in total. The molecule has 0 saturated carbocycles. The Hall–Kier alpha value is -2.76. The van der Waals surface area contributed by atoms with Crippen LogP contribution in [0.15, 0.2) is 76.0 Å². The predicted octanol–water partition coefficient (Wildman–Crippen LogP) is 3.80. The van der Waals surface area contributed by atoms with E-state index in [-0.39, 0.29) is 11.3 Å². The Kier molecular flexibility index (Phi) is 5.58. The van der Waals surface area contributed by atoms with Gasteiger partial charge in [-0.2, -0.15) is 17.9 Å². The van der Waals surface area contributed by atoms with Crippen LogP contribution in [-0.2, 0) is 20.0 Å². The number of halogens is 1. The monoisotopic (exact) mass is 479 g/mol. The van der Waals surface area contributed by atoms with Crippen LogP contribution in [0.2, 0.25) is 0 Å². The van der Waals surface area contributed by atoms with Crippen LogP contribution < -0.4 is 4.72 Å². The summed E-state index contributed by atoms with van der Waals surface area (Å²) in [5.74, 6) is -0.656. The van der Waals surface area contributed by atoms with Crippen LogP contribution in [0, 0.1) is 5.82 Å². The highest BCUT2D eigenvalue weighted by atomic mass is 32.2. The van der Waals surface area contributed by atoms with Gasteiger partial charge in [-0.15, -0.1) is 11.3 Å². The lowest BCUT2D eigenvalue weighted by molar-refractivity contribution is 0.375. The largest absolute Gasteiger partial charge is 0.284 e. The number of rotatable bonds is 6. The molecule has 162 valence electrons. The summed E-state index contributed by atoms with van der Waals surface area (Å²) < 4.78 is 66.8. The van der Waals surface area contributed by atoms with E-state index >= 15 is 0 Å². The zero-order valence-electron chi connectivity index (χ0n) is 16.3. The average molecular weight is 480 g/mol. The molecule has 11 heteroatoms. The second kappa shape index (κ2) is 8.06. The molecule has 1 atom stereocenters. The summed E-state index contributed by atoms with van der Waals surface area (Å²) >= 11 is 1.40. The second-order valence-corrected chi connectivity index (χ2v) is 11.5. The third-order valence-electron chi connectivity index (χ3n) is 4.58. The van der Waals surface area contributed by atoms with Gasteiger partial charge in [0, 0.05) is 17.0 Å². The highest BCUT2D eigenvalue weighted by Gasteiger charge is 2.38.